The van der Waals surface area contributed by atoms with Crippen molar-refractivity contribution in [3.8, 4) is 5.75 Å². The first kappa shape index (κ1) is 22.9. The van der Waals surface area contributed by atoms with Crippen molar-refractivity contribution in [3.05, 3.63) is 63.9 Å². The van der Waals surface area contributed by atoms with E-state index in [1.807, 2.05) is 12.1 Å². The van der Waals surface area contributed by atoms with Gasteiger partial charge in [0.1, 0.15) is 11.6 Å². The second-order valence-electron chi connectivity index (χ2n) is 9.32. The van der Waals surface area contributed by atoms with Gasteiger partial charge in [0.15, 0.2) is 6.61 Å². The molecule has 3 saturated carbocycles. The molecule has 33 heavy (non-hydrogen) atoms. The lowest BCUT2D eigenvalue weighted by atomic mass is 9.76. The van der Waals surface area contributed by atoms with E-state index in [9.17, 15) is 9.18 Å². The third-order valence-corrected chi connectivity index (χ3v) is 7.50. The van der Waals surface area contributed by atoms with Gasteiger partial charge in [-0.3, -0.25) is 15.4 Å². The van der Waals surface area contributed by atoms with E-state index in [1.165, 1.54) is 17.7 Å². The van der Waals surface area contributed by atoms with Crippen LogP contribution in [-0.2, 0) is 4.79 Å². The van der Waals surface area contributed by atoms with Crippen LogP contribution in [0.25, 0.3) is 0 Å². The number of rotatable bonds is 7. The van der Waals surface area contributed by atoms with E-state index in [0.717, 1.165) is 37.4 Å². The fourth-order valence-electron chi connectivity index (χ4n) is 5.39. The van der Waals surface area contributed by atoms with E-state index in [2.05, 4.69) is 33.4 Å². The van der Waals surface area contributed by atoms with Gasteiger partial charge in [0.2, 0.25) is 0 Å². The van der Waals surface area contributed by atoms with Gasteiger partial charge in [-0.25, -0.2) is 4.39 Å². The van der Waals surface area contributed by atoms with Crippen molar-refractivity contribution in [1.29, 1.82) is 0 Å². The Bertz CT molecular complexity index is 1020. The van der Waals surface area contributed by atoms with Gasteiger partial charge >= 0.3 is 0 Å². The predicted molar refractivity (Wildman–Crippen MR) is 126 cm³/mol. The number of hydrogen-bond acceptors (Lipinski definition) is 5. The Morgan fingerprint density at radius 2 is 1.91 bits per heavy atom. The van der Waals surface area contributed by atoms with Crippen LogP contribution < -0.4 is 26.0 Å². The minimum absolute atomic E-state index is 0.0258. The standard InChI is InChI=1S/C24H27Cl2FN4O2/c25-16-3-1-14(2-4-16)21-11-28-12-22(30-21)29-20-10-24(8-15(20)9-24)31-23(32)13-33-17-5-6-18(26)19(27)7-17/h1-7,15,20-22,28-30H,8-13H2,(H,31,32)/t15?,20-,21?,22?,24?/m0/s1. The zero-order valence-electron chi connectivity index (χ0n) is 18.0. The van der Waals surface area contributed by atoms with Gasteiger partial charge < -0.3 is 15.4 Å². The molecule has 6 rings (SSSR count). The highest BCUT2D eigenvalue weighted by Crippen LogP contribution is 2.52. The maximum absolute atomic E-state index is 13.5. The number of amides is 1. The van der Waals surface area contributed by atoms with Gasteiger partial charge in [-0.05, 0) is 55.0 Å². The summed E-state index contributed by atoms with van der Waals surface area (Å²) < 4.78 is 19.0. The van der Waals surface area contributed by atoms with Crippen LogP contribution in [0.3, 0.4) is 0 Å². The van der Waals surface area contributed by atoms with E-state index < -0.39 is 5.82 Å². The largest absolute Gasteiger partial charge is 0.484 e. The van der Waals surface area contributed by atoms with Crippen LogP contribution in [0.4, 0.5) is 4.39 Å². The Balaban J connectivity index is 1.10. The van der Waals surface area contributed by atoms with Gasteiger partial charge in [-0.1, -0.05) is 35.3 Å². The summed E-state index contributed by atoms with van der Waals surface area (Å²) in [6, 6.07) is 12.7. The van der Waals surface area contributed by atoms with Gasteiger partial charge in [-0.2, -0.15) is 0 Å². The third kappa shape index (κ3) is 5.12. The summed E-state index contributed by atoms with van der Waals surface area (Å²) in [5.41, 5.74) is 1.03. The van der Waals surface area contributed by atoms with Crippen molar-refractivity contribution in [1.82, 2.24) is 21.3 Å². The van der Waals surface area contributed by atoms with E-state index in [0.29, 0.717) is 12.0 Å². The SMILES string of the molecule is O=C(COc1ccc(Cl)c(F)c1)NC12CC(C1)[C@@H](NC1CNCC(c3ccc(Cl)cc3)N1)C2. The van der Waals surface area contributed by atoms with Crippen LogP contribution in [0.1, 0.15) is 30.9 Å². The monoisotopic (exact) mass is 492 g/mol. The van der Waals surface area contributed by atoms with E-state index in [1.54, 1.807) is 6.07 Å². The Kier molecular flexibility index (Phi) is 6.51. The Morgan fingerprint density at radius 3 is 2.67 bits per heavy atom. The number of piperazine rings is 1. The van der Waals surface area contributed by atoms with Gasteiger partial charge in [-0.15, -0.1) is 0 Å². The lowest BCUT2D eigenvalue weighted by Crippen LogP contribution is -2.59. The number of nitrogens with one attached hydrogen (secondary N) is 4. The summed E-state index contributed by atoms with van der Waals surface area (Å²) in [6.07, 6.45) is 2.97. The number of benzene rings is 2. The summed E-state index contributed by atoms with van der Waals surface area (Å²) in [5.74, 6) is 0.0796. The lowest BCUT2D eigenvalue weighted by molar-refractivity contribution is -0.125. The minimum atomic E-state index is -0.566. The molecule has 9 heteroatoms. The van der Waals surface area contributed by atoms with Gasteiger partial charge in [0, 0.05) is 41.8 Å². The molecule has 1 saturated heterocycles. The molecule has 2 unspecified atom stereocenters. The highest BCUT2D eigenvalue weighted by molar-refractivity contribution is 6.30. The summed E-state index contributed by atoms with van der Waals surface area (Å²) in [6.45, 7) is 1.56. The summed E-state index contributed by atoms with van der Waals surface area (Å²) >= 11 is 11.7. The molecule has 0 radical (unpaired) electrons. The van der Waals surface area contributed by atoms with Crippen molar-refractivity contribution in [2.75, 3.05) is 19.7 Å². The van der Waals surface area contributed by atoms with Crippen LogP contribution in [0.2, 0.25) is 10.0 Å². The molecule has 4 fully saturated rings. The van der Waals surface area contributed by atoms with Gasteiger partial charge in [0.25, 0.3) is 5.91 Å². The van der Waals surface area contributed by atoms with Crippen molar-refractivity contribution in [3.63, 3.8) is 0 Å². The van der Waals surface area contributed by atoms with Crippen molar-refractivity contribution < 1.29 is 13.9 Å². The normalized spacial score (nSPS) is 30.5. The fraction of sp³-hybridized carbons (Fsp3) is 0.458. The molecule has 2 bridgehead atoms. The molecule has 176 valence electrons. The zero-order chi connectivity index (χ0) is 23.0. The second-order valence-corrected chi connectivity index (χ2v) is 10.2. The highest BCUT2D eigenvalue weighted by atomic mass is 35.5. The first-order valence-corrected chi connectivity index (χ1v) is 12.0. The summed E-state index contributed by atoms with van der Waals surface area (Å²) in [5, 5.41) is 14.9. The summed E-state index contributed by atoms with van der Waals surface area (Å²) in [4.78, 5) is 12.5. The van der Waals surface area contributed by atoms with Crippen LogP contribution in [0.15, 0.2) is 42.5 Å². The van der Waals surface area contributed by atoms with Crippen LogP contribution in [-0.4, -0.2) is 43.4 Å². The van der Waals surface area contributed by atoms with Crippen LogP contribution >= 0.6 is 23.2 Å². The molecule has 2 aromatic rings. The number of ether oxygens (including phenoxy) is 1. The highest BCUT2D eigenvalue weighted by Gasteiger charge is 2.57. The molecule has 1 amide bonds. The molecule has 4 N–H and O–H groups in total. The number of halogens is 3. The van der Waals surface area contributed by atoms with E-state index in [-0.39, 0.29) is 41.0 Å². The topological polar surface area (TPSA) is 74.4 Å². The maximum atomic E-state index is 13.5. The number of carbonyl (C=O) groups excluding carboxylic acids is 1. The second kappa shape index (κ2) is 9.39. The van der Waals surface area contributed by atoms with Crippen LogP contribution in [0.5, 0.6) is 5.75 Å². The molecule has 3 aliphatic carbocycles. The quantitative estimate of drug-likeness (QED) is 0.476. The molecule has 1 heterocycles. The smallest absolute Gasteiger partial charge is 0.258 e. The molecule has 3 atom stereocenters. The molecule has 0 spiro atoms. The van der Waals surface area contributed by atoms with Crippen LogP contribution in [0, 0.1) is 11.7 Å². The fourth-order valence-corrected chi connectivity index (χ4v) is 5.63. The van der Waals surface area contributed by atoms with Crippen molar-refractivity contribution in [2.45, 2.75) is 43.1 Å². The molecular formula is C24H27Cl2FN4O2. The average molecular weight is 493 g/mol. The lowest BCUT2D eigenvalue weighted by Gasteiger charge is -2.39. The maximum Gasteiger partial charge on any atom is 0.258 e. The zero-order valence-corrected chi connectivity index (χ0v) is 19.6. The van der Waals surface area contributed by atoms with Crippen molar-refractivity contribution in [2.24, 2.45) is 5.92 Å². The summed E-state index contributed by atoms with van der Waals surface area (Å²) in [7, 11) is 0. The molecular weight excluding hydrogens is 466 g/mol. The molecule has 4 aliphatic rings. The van der Waals surface area contributed by atoms with Gasteiger partial charge in [0.05, 0.1) is 11.2 Å². The predicted octanol–water partition coefficient (Wildman–Crippen LogP) is 3.40. The number of carbonyl (C=O) groups is 1. The molecule has 2 aromatic carbocycles. The first-order chi connectivity index (χ1) is 15.9. The average Bonchev–Trinajstić information content (AvgIpc) is 3.28. The number of fused-ring (bicyclic) bond motifs is 1. The Hall–Kier alpha value is -1.90. The Labute approximate surface area is 202 Å². The Morgan fingerprint density at radius 1 is 1.12 bits per heavy atom. The third-order valence-electron chi connectivity index (χ3n) is 6.94. The van der Waals surface area contributed by atoms with Crippen molar-refractivity contribution >= 4 is 29.1 Å². The number of hydrogen-bond donors (Lipinski definition) is 4. The van der Waals surface area contributed by atoms with E-state index in [4.69, 9.17) is 27.9 Å². The molecule has 0 aromatic heterocycles. The molecule has 1 aliphatic heterocycles. The minimum Gasteiger partial charge on any atom is -0.484 e. The first-order valence-electron chi connectivity index (χ1n) is 11.3. The van der Waals surface area contributed by atoms with E-state index >= 15 is 0 Å². The molecule has 6 nitrogen and oxygen atoms in total.